The van der Waals surface area contributed by atoms with Gasteiger partial charge in [-0.15, -0.1) is 0 Å². The van der Waals surface area contributed by atoms with Gasteiger partial charge >= 0.3 is 12.2 Å². The average Bonchev–Trinajstić information content (AvgIpc) is 2.17. The summed E-state index contributed by atoms with van der Waals surface area (Å²) >= 11 is 0. The van der Waals surface area contributed by atoms with Gasteiger partial charge in [0, 0.05) is 6.54 Å². The van der Waals surface area contributed by atoms with E-state index in [0.717, 1.165) is 0 Å². The first-order valence-corrected chi connectivity index (χ1v) is 4.92. The van der Waals surface area contributed by atoms with Crippen molar-refractivity contribution in [3.05, 3.63) is 0 Å². The van der Waals surface area contributed by atoms with Crippen LogP contribution in [0.25, 0.3) is 0 Å². The molecule has 0 aromatic carbocycles. The maximum absolute atomic E-state index is 11.3. The third-order valence-electron chi connectivity index (χ3n) is 1.68. The maximum Gasteiger partial charge on any atom is 0.414 e. The first-order chi connectivity index (χ1) is 7.92. The molecule has 0 aromatic heterocycles. The molecule has 0 spiro atoms. The molecule has 0 unspecified atom stereocenters. The molecule has 0 aliphatic carbocycles. The summed E-state index contributed by atoms with van der Waals surface area (Å²) in [6.07, 6.45) is -3.14. The molecule has 0 fully saturated rings. The minimum Gasteiger partial charge on any atom is -0.465 e. The van der Waals surface area contributed by atoms with Crippen LogP contribution in [0.5, 0.6) is 0 Å². The number of imide groups is 2. The van der Waals surface area contributed by atoms with Crippen LogP contribution in [0.2, 0.25) is 0 Å². The van der Waals surface area contributed by atoms with Crippen LogP contribution in [0.4, 0.5) is 9.59 Å². The lowest BCUT2D eigenvalue weighted by Crippen LogP contribution is -2.40. The Morgan fingerprint density at radius 1 is 1.24 bits per heavy atom. The molecular weight excluding hydrogens is 232 g/mol. The van der Waals surface area contributed by atoms with E-state index in [2.05, 4.69) is 4.74 Å². The number of nitrogens with one attached hydrogen (secondary N) is 1. The topological polar surface area (TPSA) is 113 Å². The zero-order valence-electron chi connectivity index (χ0n) is 9.56. The van der Waals surface area contributed by atoms with Gasteiger partial charge in [-0.1, -0.05) is 0 Å². The molecule has 8 heteroatoms. The predicted molar refractivity (Wildman–Crippen MR) is 55.2 cm³/mol. The molecule has 8 nitrogen and oxygen atoms in total. The molecule has 0 aromatic rings. The molecule has 0 rings (SSSR count). The van der Waals surface area contributed by atoms with Gasteiger partial charge in [-0.3, -0.25) is 14.9 Å². The molecule has 0 heterocycles. The molecule has 0 aliphatic heterocycles. The summed E-state index contributed by atoms with van der Waals surface area (Å²) in [5.41, 5.74) is 0. The van der Waals surface area contributed by atoms with Crippen molar-refractivity contribution < 1.29 is 29.0 Å². The minimum atomic E-state index is -1.44. The van der Waals surface area contributed by atoms with E-state index >= 15 is 0 Å². The Balaban J connectivity index is 4.24. The van der Waals surface area contributed by atoms with Crippen molar-refractivity contribution in [2.45, 2.75) is 20.3 Å². The van der Waals surface area contributed by atoms with Gasteiger partial charge in [0.25, 0.3) is 0 Å². The summed E-state index contributed by atoms with van der Waals surface area (Å²) in [7, 11) is 0. The van der Waals surface area contributed by atoms with Crippen LogP contribution in [0, 0.1) is 0 Å². The van der Waals surface area contributed by atoms with Crippen LogP contribution in [0.15, 0.2) is 0 Å². The van der Waals surface area contributed by atoms with Gasteiger partial charge in [-0.05, 0) is 13.8 Å². The van der Waals surface area contributed by atoms with Gasteiger partial charge in [0.2, 0.25) is 11.8 Å². The second kappa shape index (κ2) is 7.20. The van der Waals surface area contributed by atoms with Crippen molar-refractivity contribution in [3.8, 4) is 0 Å². The first-order valence-electron chi connectivity index (χ1n) is 4.92. The zero-order chi connectivity index (χ0) is 13.4. The van der Waals surface area contributed by atoms with Gasteiger partial charge in [-0.2, -0.15) is 0 Å². The molecule has 0 radical (unpaired) electrons. The molecule has 0 aliphatic rings. The molecule has 0 saturated carbocycles. The Hall–Kier alpha value is -2.12. The molecule has 4 amide bonds. The highest BCUT2D eigenvalue weighted by Crippen LogP contribution is 1.95. The second-order valence-corrected chi connectivity index (χ2v) is 2.87. The van der Waals surface area contributed by atoms with Crippen molar-refractivity contribution in [2.24, 2.45) is 0 Å². The number of nitrogens with zero attached hydrogens (tertiary/aromatic N) is 1. The Bertz CT molecular complexity index is 327. The first kappa shape index (κ1) is 14.9. The highest BCUT2D eigenvalue weighted by Gasteiger charge is 2.22. The van der Waals surface area contributed by atoms with Crippen molar-refractivity contribution in [1.29, 1.82) is 0 Å². The summed E-state index contributed by atoms with van der Waals surface area (Å²) in [4.78, 5) is 44.3. The number of amides is 4. The van der Waals surface area contributed by atoms with Crippen LogP contribution in [-0.2, 0) is 14.3 Å². The lowest BCUT2D eigenvalue weighted by molar-refractivity contribution is -0.133. The average molecular weight is 246 g/mol. The third-order valence-corrected chi connectivity index (χ3v) is 1.68. The third kappa shape index (κ3) is 5.50. The number of rotatable bonds is 4. The summed E-state index contributed by atoms with van der Waals surface area (Å²) in [6.45, 7) is 3.03. The number of carbonyl (C=O) groups excluding carboxylic acids is 3. The predicted octanol–water partition coefficient (Wildman–Crippen LogP) is 0.176. The SMILES string of the molecule is CCOC(=O)NC(=O)CC(=O)N(CC)C(=O)O. The van der Waals surface area contributed by atoms with Crippen molar-refractivity contribution in [1.82, 2.24) is 10.2 Å². The van der Waals surface area contributed by atoms with Gasteiger partial charge < -0.3 is 9.84 Å². The Morgan fingerprint density at radius 3 is 2.24 bits per heavy atom. The van der Waals surface area contributed by atoms with E-state index in [1.165, 1.54) is 6.92 Å². The molecule has 0 saturated heterocycles. The van der Waals surface area contributed by atoms with E-state index in [1.807, 2.05) is 0 Å². The van der Waals surface area contributed by atoms with Crippen LogP contribution in [0.3, 0.4) is 0 Å². The Kier molecular flexibility index (Phi) is 6.30. The van der Waals surface area contributed by atoms with E-state index in [4.69, 9.17) is 5.11 Å². The molecular formula is C9H14N2O6. The van der Waals surface area contributed by atoms with E-state index in [9.17, 15) is 19.2 Å². The summed E-state index contributed by atoms with van der Waals surface area (Å²) in [6, 6.07) is 0. The molecule has 17 heavy (non-hydrogen) atoms. The fourth-order valence-corrected chi connectivity index (χ4v) is 0.976. The lowest BCUT2D eigenvalue weighted by atomic mass is 10.3. The normalized spacial score (nSPS) is 9.29. The number of carboxylic acid groups (broad SMARTS) is 1. The van der Waals surface area contributed by atoms with Gasteiger partial charge in [0.15, 0.2) is 0 Å². The number of carbonyl (C=O) groups is 4. The highest BCUT2D eigenvalue weighted by molar-refractivity contribution is 6.05. The quantitative estimate of drug-likeness (QED) is 0.684. The summed E-state index contributed by atoms with van der Waals surface area (Å²) < 4.78 is 4.42. The van der Waals surface area contributed by atoms with Gasteiger partial charge in [0.05, 0.1) is 6.61 Å². The van der Waals surface area contributed by atoms with Gasteiger partial charge in [0.1, 0.15) is 6.42 Å². The number of ether oxygens (including phenoxy) is 1. The van der Waals surface area contributed by atoms with E-state index in [1.54, 1.807) is 12.2 Å². The number of hydrogen-bond donors (Lipinski definition) is 2. The highest BCUT2D eigenvalue weighted by atomic mass is 16.5. The maximum atomic E-state index is 11.3. The fourth-order valence-electron chi connectivity index (χ4n) is 0.976. The van der Waals surface area contributed by atoms with Gasteiger partial charge in [-0.25, -0.2) is 14.5 Å². The van der Waals surface area contributed by atoms with Crippen LogP contribution in [0.1, 0.15) is 20.3 Å². The standard InChI is InChI=1S/C9H14N2O6/c1-3-11(9(15)16)7(13)5-6(12)10-8(14)17-4-2/h3-5H2,1-2H3,(H,15,16)(H,10,12,14). The summed E-state index contributed by atoms with van der Waals surface area (Å²) in [5.74, 6) is -1.81. The van der Waals surface area contributed by atoms with E-state index in [0.29, 0.717) is 4.90 Å². The van der Waals surface area contributed by atoms with Crippen molar-refractivity contribution in [3.63, 3.8) is 0 Å². The molecule has 96 valence electrons. The van der Waals surface area contributed by atoms with Crippen LogP contribution < -0.4 is 5.32 Å². The smallest absolute Gasteiger partial charge is 0.414 e. The monoisotopic (exact) mass is 246 g/mol. The van der Waals surface area contributed by atoms with Crippen LogP contribution in [-0.4, -0.2) is 47.2 Å². The number of hydrogen-bond acceptors (Lipinski definition) is 5. The van der Waals surface area contributed by atoms with Crippen molar-refractivity contribution in [2.75, 3.05) is 13.2 Å². The fraction of sp³-hybridized carbons (Fsp3) is 0.556. The van der Waals surface area contributed by atoms with E-state index in [-0.39, 0.29) is 13.2 Å². The second-order valence-electron chi connectivity index (χ2n) is 2.87. The molecule has 0 bridgehead atoms. The summed E-state index contributed by atoms with van der Waals surface area (Å²) in [5, 5.41) is 10.4. The Labute approximate surface area is 97.5 Å². The van der Waals surface area contributed by atoms with Crippen molar-refractivity contribution >= 4 is 24.0 Å². The van der Waals surface area contributed by atoms with Crippen LogP contribution >= 0.6 is 0 Å². The van der Waals surface area contributed by atoms with E-state index < -0.39 is 30.4 Å². The largest absolute Gasteiger partial charge is 0.465 e. The molecule has 0 atom stereocenters. The minimum absolute atomic E-state index is 0.0686. The lowest BCUT2D eigenvalue weighted by Gasteiger charge is -2.14. The Morgan fingerprint density at radius 2 is 1.82 bits per heavy atom. The molecule has 2 N–H and O–H groups in total. The zero-order valence-corrected chi connectivity index (χ0v) is 9.56. The number of alkyl carbamates (subject to hydrolysis) is 1.